The zero-order valence-corrected chi connectivity index (χ0v) is 7.72. The predicted molar refractivity (Wildman–Crippen MR) is 48.6 cm³/mol. The van der Waals surface area contributed by atoms with E-state index in [0.29, 0.717) is 5.56 Å². The van der Waals surface area contributed by atoms with Gasteiger partial charge in [-0.15, -0.1) is 0 Å². The van der Waals surface area contributed by atoms with Crippen molar-refractivity contribution in [1.82, 2.24) is 0 Å². The number of nitrogens with two attached hydrogens (primary N) is 1. The van der Waals surface area contributed by atoms with E-state index in [1.165, 1.54) is 6.07 Å². The highest BCUT2D eigenvalue weighted by Crippen LogP contribution is 2.28. The SMILES string of the molecule is CC(C)(N)c1ccccc1C(F)F. The first kappa shape index (κ1) is 10.1. The summed E-state index contributed by atoms with van der Waals surface area (Å²) in [6.45, 7) is 3.43. The van der Waals surface area contributed by atoms with Crippen LogP contribution in [0.5, 0.6) is 0 Å². The number of halogens is 2. The summed E-state index contributed by atoms with van der Waals surface area (Å²) in [5.74, 6) is 0. The zero-order chi connectivity index (χ0) is 10.1. The molecule has 1 aromatic rings. The third kappa shape index (κ3) is 2.25. The van der Waals surface area contributed by atoms with Gasteiger partial charge in [0.25, 0.3) is 6.43 Å². The number of hydrogen-bond donors (Lipinski definition) is 1. The van der Waals surface area contributed by atoms with E-state index in [4.69, 9.17) is 5.73 Å². The zero-order valence-electron chi connectivity index (χ0n) is 7.72. The second-order valence-electron chi connectivity index (χ2n) is 3.61. The van der Waals surface area contributed by atoms with Crippen molar-refractivity contribution in [3.8, 4) is 0 Å². The molecule has 0 amide bonds. The maximum absolute atomic E-state index is 12.5. The first-order chi connectivity index (χ1) is 5.93. The highest BCUT2D eigenvalue weighted by Gasteiger charge is 2.21. The van der Waals surface area contributed by atoms with Crippen LogP contribution >= 0.6 is 0 Å². The predicted octanol–water partition coefficient (Wildman–Crippen LogP) is 2.82. The molecule has 0 radical (unpaired) electrons. The van der Waals surface area contributed by atoms with Crippen LogP contribution in [0.25, 0.3) is 0 Å². The van der Waals surface area contributed by atoms with Crippen molar-refractivity contribution in [3.05, 3.63) is 35.4 Å². The summed E-state index contributed by atoms with van der Waals surface area (Å²) >= 11 is 0. The molecular weight excluding hydrogens is 172 g/mol. The summed E-state index contributed by atoms with van der Waals surface area (Å²) in [7, 11) is 0. The van der Waals surface area contributed by atoms with Crippen LogP contribution in [0, 0.1) is 0 Å². The van der Waals surface area contributed by atoms with E-state index in [2.05, 4.69) is 0 Å². The van der Waals surface area contributed by atoms with E-state index in [9.17, 15) is 8.78 Å². The van der Waals surface area contributed by atoms with E-state index >= 15 is 0 Å². The largest absolute Gasteiger partial charge is 0.322 e. The van der Waals surface area contributed by atoms with Gasteiger partial charge in [0.05, 0.1) is 0 Å². The molecule has 3 heteroatoms. The molecule has 0 aliphatic heterocycles. The Morgan fingerprint density at radius 3 is 2.15 bits per heavy atom. The van der Waals surface area contributed by atoms with Gasteiger partial charge in [-0.05, 0) is 19.4 Å². The molecule has 0 bridgehead atoms. The minimum Gasteiger partial charge on any atom is -0.322 e. The van der Waals surface area contributed by atoms with Crippen LogP contribution in [0.15, 0.2) is 24.3 Å². The summed E-state index contributed by atoms with van der Waals surface area (Å²) in [6.07, 6.45) is -2.46. The van der Waals surface area contributed by atoms with Crippen molar-refractivity contribution in [2.45, 2.75) is 25.8 Å². The third-order valence-corrected chi connectivity index (χ3v) is 1.89. The van der Waals surface area contributed by atoms with Gasteiger partial charge in [-0.25, -0.2) is 8.78 Å². The molecule has 0 aromatic heterocycles. The van der Waals surface area contributed by atoms with Crippen LogP contribution in [-0.2, 0) is 5.54 Å². The lowest BCUT2D eigenvalue weighted by Gasteiger charge is -2.22. The highest BCUT2D eigenvalue weighted by molar-refractivity contribution is 5.33. The Bertz CT molecular complexity index is 289. The van der Waals surface area contributed by atoms with Gasteiger partial charge in [0.15, 0.2) is 0 Å². The lowest BCUT2D eigenvalue weighted by atomic mass is 9.91. The Balaban J connectivity index is 3.20. The normalized spacial score (nSPS) is 12.2. The number of benzene rings is 1. The Morgan fingerprint density at radius 1 is 1.23 bits per heavy atom. The van der Waals surface area contributed by atoms with E-state index in [-0.39, 0.29) is 5.56 Å². The maximum Gasteiger partial charge on any atom is 0.264 e. The molecule has 1 rings (SSSR count). The standard InChI is InChI=1S/C10H13F2N/c1-10(2,13)8-6-4-3-5-7(8)9(11)12/h3-6,9H,13H2,1-2H3. The molecule has 0 aliphatic rings. The molecule has 72 valence electrons. The summed E-state index contributed by atoms with van der Waals surface area (Å²) < 4.78 is 25.0. The monoisotopic (exact) mass is 185 g/mol. The highest BCUT2D eigenvalue weighted by atomic mass is 19.3. The van der Waals surface area contributed by atoms with Crippen LogP contribution in [0.1, 0.15) is 31.4 Å². The Kier molecular flexibility index (Phi) is 2.66. The number of alkyl halides is 2. The lowest BCUT2D eigenvalue weighted by molar-refractivity contribution is 0.148. The molecule has 1 nitrogen and oxygen atoms in total. The first-order valence-corrected chi connectivity index (χ1v) is 4.09. The van der Waals surface area contributed by atoms with Gasteiger partial charge in [0, 0.05) is 11.1 Å². The smallest absolute Gasteiger partial charge is 0.264 e. The van der Waals surface area contributed by atoms with E-state index in [1.54, 1.807) is 32.0 Å². The van der Waals surface area contributed by atoms with E-state index < -0.39 is 12.0 Å². The quantitative estimate of drug-likeness (QED) is 0.753. The lowest BCUT2D eigenvalue weighted by Crippen LogP contribution is -2.30. The van der Waals surface area contributed by atoms with Crippen molar-refractivity contribution in [2.75, 3.05) is 0 Å². The molecule has 0 aliphatic carbocycles. The van der Waals surface area contributed by atoms with E-state index in [1.807, 2.05) is 0 Å². The average Bonchev–Trinajstić information content (AvgIpc) is 2.03. The molecule has 0 saturated carbocycles. The molecule has 13 heavy (non-hydrogen) atoms. The van der Waals surface area contributed by atoms with Gasteiger partial charge in [0.2, 0.25) is 0 Å². The molecule has 0 fully saturated rings. The second kappa shape index (κ2) is 3.42. The fourth-order valence-corrected chi connectivity index (χ4v) is 1.27. The fourth-order valence-electron chi connectivity index (χ4n) is 1.27. The minimum absolute atomic E-state index is 0.0231. The summed E-state index contributed by atoms with van der Waals surface area (Å²) in [6, 6.07) is 6.36. The van der Waals surface area contributed by atoms with Crippen LogP contribution < -0.4 is 5.73 Å². The fraction of sp³-hybridized carbons (Fsp3) is 0.400. The van der Waals surface area contributed by atoms with Gasteiger partial charge in [0.1, 0.15) is 0 Å². The van der Waals surface area contributed by atoms with E-state index in [0.717, 1.165) is 0 Å². The maximum atomic E-state index is 12.5. The summed E-state index contributed by atoms with van der Waals surface area (Å²) in [5, 5.41) is 0. The molecule has 0 saturated heterocycles. The molecule has 0 heterocycles. The van der Waals surface area contributed by atoms with Gasteiger partial charge >= 0.3 is 0 Å². The Morgan fingerprint density at radius 2 is 1.77 bits per heavy atom. The third-order valence-electron chi connectivity index (χ3n) is 1.89. The molecule has 2 N–H and O–H groups in total. The molecule has 1 aromatic carbocycles. The Hall–Kier alpha value is -0.960. The topological polar surface area (TPSA) is 26.0 Å². The van der Waals surface area contributed by atoms with Crippen molar-refractivity contribution in [2.24, 2.45) is 5.73 Å². The van der Waals surface area contributed by atoms with Gasteiger partial charge in [-0.2, -0.15) is 0 Å². The first-order valence-electron chi connectivity index (χ1n) is 4.09. The molecular formula is C10H13F2N. The minimum atomic E-state index is -2.46. The number of rotatable bonds is 2. The summed E-state index contributed by atoms with van der Waals surface area (Å²) in [5.41, 5.74) is 5.57. The van der Waals surface area contributed by atoms with Crippen LogP contribution in [0.4, 0.5) is 8.78 Å². The molecule has 0 atom stereocenters. The van der Waals surface area contributed by atoms with Crippen LogP contribution in [0.3, 0.4) is 0 Å². The number of hydrogen-bond acceptors (Lipinski definition) is 1. The van der Waals surface area contributed by atoms with Gasteiger partial charge < -0.3 is 5.73 Å². The molecule has 0 unspecified atom stereocenters. The summed E-state index contributed by atoms with van der Waals surface area (Å²) in [4.78, 5) is 0. The van der Waals surface area contributed by atoms with Crippen LogP contribution in [0.2, 0.25) is 0 Å². The van der Waals surface area contributed by atoms with Gasteiger partial charge in [-0.1, -0.05) is 24.3 Å². The second-order valence-corrected chi connectivity index (χ2v) is 3.61. The van der Waals surface area contributed by atoms with Crippen molar-refractivity contribution < 1.29 is 8.78 Å². The van der Waals surface area contributed by atoms with Crippen molar-refractivity contribution in [3.63, 3.8) is 0 Å². The Labute approximate surface area is 76.6 Å². The van der Waals surface area contributed by atoms with Gasteiger partial charge in [-0.3, -0.25) is 0 Å². The van der Waals surface area contributed by atoms with Crippen molar-refractivity contribution >= 4 is 0 Å². The average molecular weight is 185 g/mol. The van der Waals surface area contributed by atoms with Crippen LogP contribution in [-0.4, -0.2) is 0 Å². The molecule has 0 spiro atoms. The van der Waals surface area contributed by atoms with Crippen molar-refractivity contribution in [1.29, 1.82) is 0 Å².